The highest BCUT2D eigenvalue weighted by molar-refractivity contribution is 7.22. The second kappa shape index (κ2) is 10.9. The van der Waals surface area contributed by atoms with Crippen LogP contribution in [0, 0.1) is 5.82 Å². The Hall–Kier alpha value is -2.26. The minimum absolute atomic E-state index is 0. The smallest absolute Gasteiger partial charge is 0.260 e. The van der Waals surface area contributed by atoms with Crippen molar-refractivity contribution in [1.82, 2.24) is 9.88 Å². The number of halogens is 2. The van der Waals surface area contributed by atoms with Crippen LogP contribution in [0.4, 0.5) is 9.52 Å². The molecule has 4 rings (SSSR count). The van der Waals surface area contributed by atoms with Gasteiger partial charge in [0.05, 0.1) is 24.5 Å². The molecular weight excluding hydrogens is 441 g/mol. The van der Waals surface area contributed by atoms with E-state index in [-0.39, 0.29) is 24.1 Å². The SMILES string of the molecule is CCOc1ccc(C(=O)N(CCN2CCOCC2)c2nc3c(F)cccc3s2)cc1.Cl. The van der Waals surface area contributed by atoms with Crippen LogP contribution in [-0.4, -0.2) is 61.8 Å². The van der Waals surface area contributed by atoms with Crippen LogP contribution in [0.1, 0.15) is 17.3 Å². The summed E-state index contributed by atoms with van der Waals surface area (Å²) in [5, 5.41) is 0.502. The molecule has 1 fully saturated rings. The van der Waals surface area contributed by atoms with Gasteiger partial charge in [-0.15, -0.1) is 12.4 Å². The van der Waals surface area contributed by atoms with Crippen molar-refractivity contribution in [2.75, 3.05) is 50.9 Å². The van der Waals surface area contributed by atoms with Crippen molar-refractivity contribution in [3.05, 3.63) is 53.8 Å². The third kappa shape index (κ3) is 5.51. The number of ether oxygens (including phenoxy) is 2. The van der Waals surface area contributed by atoms with Crippen LogP contribution in [0.3, 0.4) is 0 Å². The summed E-state index contributed by atoms with van der Waals surface area (Å²) in [6.07, 6.45) is 0. The highest BCUT2D eigenvalue weighted by Crippen LogP contribution is 2.31. The van der Waals surface area contributed by atoms with Crippen LogP contribution >= 0.6 is 23.7 Å². The highest BCUT2D eigenvalue weighted by Gasteiger charge is 2.23. The summed E-state index contributed by atoms with van der Waals surface area (Å²) in [6.45, 7) is 6.70. The summed E-state index contributed by atoms with van der Waals surface area (Å²) in [5.41, 5.74) is 0.841. The number of benzene rings is 2. The number of carbonyl (C=O) groups excluding carboxylic acids is 1. The number of amides is 1. The fourth-order valence-electron chi connectivity index (χ4n) is 3.39. The number of hydrogen-bond donors (Lipinski definition) is 0. The minimum Gasteiger partial charge on any atom is -0.494 e. The van der Waals surface area contributed by atoms with Crippen molar-refractivity contribution in [3.8, 4) is 5.75 Å². The van der Waals surface area contributed by atoms with Gasteiger partial charge in [0.1, 0.15) is 17.1 Å². The van der Waals surface area contributed by atoms with E-state index in [9.17, 15) is 9.18 Å². The molecule has 31 heavy (non-hydrogen) atoms. The molecule has 6 nitrogen and oxygen atoms in total. The summed E-state index contributed by atoms with van der Waals surface area (Å²) >= 11 is 1.33. The third-order valence-electron chi connectivity index (χ3n) is 4.99. The Kier molecular flexibility index (Phi) is 8.20. The number of hydrogen-bond acceptors (Lipinski definition) is 6. The van der Waals surface area contributed by atoms with Gasteiger partial charge in [-0.3, -0.25) is 14.6 Å². The molecule has 1 saturated heterocycles. The molecule has 1 aromatic heterocycles. The maximum Gasteiger partial charge on any atom is 0.260 e. The predicted octanol–water partition coefficient (Wildman–Crippen LogP) is 4.23. The first kappa shape index (κ1) is 23.4. The first-order chi connectivity index (χ1) is 14.7. The molecule has 0 radical (unpaired) electrons. The quantitative estimate of drug-likeness (QED) is 0.522. The molecule has 0 spiro atoms. The number of carbonyl (C=O) groups is 1. The van der Waals surface area contributed by atoms with Crippen LogP contribution in [-0.2, 0) is 4.74 Å². The number of nitrogens with zero attached hydrogens (tertiary/aromatic N) is 3. The lowest BCUT2D eigenvalue weighted by molar-refractivity contribution is 0.0391. The van der Waals surface area contributed by atoms with Gasteiger partial charge in [0.2, 0.25) is 0 Å². The van der Waals surface area contributed by atoms with Gasteiger partial charge in [-0.1, -0.05) is 17.4 Å². The van der Waals surface area contributed by atoms with Crippen LogP contribution in [0.25, 0.3) is 10.2 Å². The van der Waals surface area contributed by atoms with Gasteiger partial charge >= 0.3 is 0 Å². The standard InChI is InChI=1S/C22H24FN3O3S.ClH/c1-2-29-17-8-6-16(7-9-17)21(27)26(11-10-25-12-14-28-15-13-25)22-24-20-18(23)4-3-5-19(20)30-22;/h3-9H,2,10-15H2,1H3;1H. The Labute approximate surface area is 191 Å². The molecule has 9 heteroatoms. The Morgan fingerprint density at radius 3 is 2.65 bits per heavy atom. The molecular formula is C22H25ClFN3O3S. The summed E-state index contributed by atoms with van der Waals surface area (Å²) < 4.78 is 25.8. The summed E-state index contributed by atoms with van der Waals surface area (Å²) in [4.78, 5) is 21.7. The number of para-hydroxylation sites is 1. The molecule has 0 unspecified atom stereocenters. The first-order valence-electron chi connectivity index (χ1n) is 10.1. The van der Waals surface area contributed by atoms with Gasteiger partial charge < -0.3 is 9.47 Å². The number of aromatic nitrogens is 1. The summed E-state index contributed by atoms with van der Waals surface area (Å²) in [7, 11) is 0. The van der Waals surface area contributed by atoms with Crippen molar-refractivity contribution in [3.63, 3.8) is 0 Å². The van der Waals surface area contributed by atoms with E-state index < -0.39 is 0 Å². The van der Waals surface area contributed by atoms with Crippen molar-refractivity contribution in [2.24, 2.45) is 0 Å². The van der Waals surface area contributed by atoms with Crippen LogP contribution in [0.15, 0.2) is 42.5 Å². The molecule has 0 atom stereocenters. The molecule has 2 aromatic carbocycles. The zero-order chi connectivity index (χ0) is 20.9. The minimum atomic E-state index is -0.378. The monoisotopic (exact) mass is 465 g/mol. The Morgan fingerprint density at radius 1 is 1.23 bits per heavy atom. The van der Waals surface area contributed by atoms with Crippen molar-refractivity contribution < 1.29 is 18.7 Å². The van der Waals surface area contributed by atoms with Crippen LogP contribution in [0.5, 0.6) is 5.75 Å². The Balaban J connectivity index is 0.00000272. The zero-order valence-corrected chi connectivity index (χ0v) is 18.9. The van der Waals surface area contributed by atoms with Crippen molar-refractivity contribution in [2.45, 2.75) is 6.92 Å². The van der Waals surface area contributed by atoms with Crippen LogP contribution in [0.2, 0.25) is 0 Å². The predicted molar refractivity (Wildman–Crippen MR) is 123 cm³/mol. The molecule has 166 valence electrons. The van der Waals surface area contributed by atoms with Crippen molar-refractivity contribution >= 4 is 45.0 Å². The second-order valence-electron chi connectivity index (χ2n) is 6.95. The molecule has 1 aliphatic heterocycles. The normalized spacial score (nSPS) is 14.3. The van der Waals surface area contributed by atoms with E-state index >= 15 is 0 Å². The maximum absolute atomic E-state index is 14.2. The average Bonchev–Trinajstić information content (AvgIpc) is 3.21. The first-order valence-corrected chi connectivity index (χ1v) is 10.9. The largest absolute Gasteiger partial charge is 0.494 e. The second-order valence-corrected chi connectivity index (χ2v) is 7.96. The van der Waals surface area contributed by atoms with Gasteiger partial charge in [0.15, 0.2) is 5.13 Å². The zero-order valence-electron chi connectivity index (χ0n) is 17.3. The number of fused-ring (bicyclic) bond motifs is 1. The lowest BCUT2D eigenvalue weighted by Gasteiger charge is -2.29. The number of anilines is 1. The number of thiazole rings is 1. The average molecular weight is 466 g/mol. The highest BCUT2D eigenvalue weighted by atomic mass is 35.5. The van der Waals surface area contributed by atoms with Crippen LogP contribution < -0.4 is 9.64 Å². The molecule has 1 amide bonds. The van der Waals surface area contributed by atoms with E-state index in [1.807, 2.05) is 13.0 Å². The molecule has 0 N–H and O–H groups in total. The molecule has 0 saturated carbocycles. The van der Waals surface area contributed by atoms with Gasteiger partial charge in [-0.2, -0.15) is 0 Å². The van der Waals surface area contributed by atoms with Gasteiger partial charge in [-0.05, 0) is 43.3 Å². The van der Waals surface area contributed by atoms with E-state index in [1.54, 1.807) is 35.2 Å². The summed E-state index contributed by atoms with van der Waals surface area (Å²) in [6, 6.07) is 11.9. The lowest BCUT2D eigenvalue weighted by Crippen LogP contribution is -2.43. The molecule has 2 heterocycles. The third-order valence-corrected chi connectivity index (χ3v) is 6.03. The molecule has 0 aliphatic carbocycles. The number of morpholine rings is 1. The summed E-state index contributed by atoms with van der Waals surface area (Å²) in [5.74, 6) is 0.179. The maximum atomic E-state index is 14.2. The molecule has 0 bridgehead atoms. The lowest BCUT2D eigenvalue weighted by atomic mass is 10.2. The van der Waals surface area contributed by atoms with Gasteiger partial charge in [0.25, 0.3) is 5.91 Å². The molecule has 3 aromatic rings. The Morgan fingerprint density at radius 2 is 1.97 bits per heavy atom. The fraction of sp³-hybridized carbons (Fsp3) is 0.364. The van der Waals surface area contributed by atoms with E-state index in [0.29, 0.717) is 49.1 Å². The fourth-order valence-corrected chi connectivity index (χ4v) is 4.39. The van der Waals surface area contributed by atoms with E-state index in [0.717, 1.165) is 23.5 Å². The topological polar surface area (TPSA) is 54.9 Å². The van der Waals surface area contributed by atoms with Gasteiger partial charge in [-0.25, -0.2) is 9.37 Å². The van der Waals surface area contributed by atoms with E-state index in [1.165, 1.54) is 17.4 Å². The van der Waals surface area contributed by atoms with Crippen molar-refractivity contribution in [1.29, 1.82) is 0 Å². The Bertz CT molecular complexity index is 1010. The van der Waals surface area contributed by atoms with Gasteiger partial charge in [0, 0.05) is 31.7 Å². The van der Waals surface area contributed by atoms with E-state index in [4.69, 9.17) is 9.47 Å². The van der Waals surface area contributed by atoms with E-state index in [2.05, 4.69) is 9.88 Å². The number of rotatable bonds is 7. The molecule has 1 aliphatic rings.